The molecule has 0 heterocycles. The monoisotopic (exact) mass is 432 g/mol. The average Bonchev–Trinajstić information content (AvgIpc) is 3.04. The zero-order chi connectivity index (χ0) is 22.0. The fourth-order valence-corrected chi connectivity index (χ4v) is 7.82. The summed E-state index contributed by atoms with van der Waals surface area (Å²) in [5, 5.41) is 0. The van der Waals surface area contributed by atoms with E-state index in [1.165, 1.54) is 48.8 Å². The predicted octanol–water partition coefficient (Wildman–Crippen LogP) is 7.84. The molecule has 1 aromatic rings. The minimum absolute atomic E-state index is 0. The Kier molecular flexibility index (Phi) is 5.89. The highest BCUT2D eigenvalue weighted by atomic mass is 16.1. The Bertz CT molecular complexity index is 994. The van der Waals surface area contributed by atoms with E-state index in [-0.39, 0.29) is 13.2 Å². The van der Waals surface area contributed by atoms with Crippen molar-refractivity contribution in [1.82, 2.24) is 0 Å². The molecular formula is C30H40O2. The van der Waals surface area contributed by atoms with Crippen molar-refractivity contribution in [3.8, 4) is 0 Å². The summed E-state index contributed by atoms with van der Waals surface area (Å²) in [7, 11) is 0. The number of rotatable bonds is 3. The number of ketones is 2. The van der Waals surface area contributed by atoms with Gasteiger partial charge in [-0.05, 0) is 90.9 Å². The predicted molar refractivity (Wildman–Crippen MR) is 132 cm³/mol. The van der Waals surface area contributed by atoms with E-state index in [1.54, 1.807) is 12.5 Å². The van der Waals surface area contributed by atoms with E-state index >= 15 is 0 Å². The minimum Gasteiger partial charge on any atom is -0.295 e. The number of carbonyl (C=O) groups is 2. The Hall–Kier alpha value is -1.96. The van der Waals surface area contributed by atoms with Crippen molar-refractivity contribution in [3.05, 3.63) is 58.2 Å². The van der Waals surface area contributed by atoms with E-state index in [1.807, 2.05) is 18.2 Å². The molecule has 0 bridgehead atoms. The van der Waals surface area contributed by atoms with Gasteiger partial charge in [-0.25, -0.2) is 0 Å². The first-order chi connectivity index (χ1) is 14.8. The molecule has 2 saturated carbocycles. The lowest BCUT2D eigenvalue weighted by Crippen LogP contribution is -2.46. The molecule has 4 aliphatic rings. The van der Waals surface area contributed by atoms with Crippen LogP contribution in [0.15, 0.2) is 47.1 Å². The van der Waals surface area contributed by atoms with Crippen LogP contribution in [0.4, 0.5) is 0 Å². The molecule has 0 aromatic heterocycles. The van der Waals surface area contributed by atoms with E-state index in [2.05, 4.69) is 32.9 Å². The van der Waals surface area contributed by atoms with Crippen LogP contribution < -0.4 is 0 Å². The first-order valence-electron chi connectivity index (χ1n) is 12.3. The summed E-state index contributed by atoms with van der Waals surface area (Å²) in [6.07, 6.45) is 10.9. The molecule has 5 rings (SSSR count). The third-order valence-corrected chi connectivity index (χ3v) is 10.0. The second-order valence-corrected chi connectivity index (χ2v) is 11.1. The topological polar surface area (TPSA) is 34.1 Å². The van der Waals surface area contributed by atoms with Crippen molar-refractivity contribution in [3.63, 3.8) is 0 Å². The molecule has 2 heteroatoms. The third-order valence-electron chi connectivity index (χ3n) is 10.0. The van der Waals surface area contributed by atoms with E-state index in [4.69, 9.17) is 0 Å². The Labute approximate surface area is 194 Å². The smallest absolute Gasteiger partial charge is 0.159 e. The maximum absolute atomic E-state index is 12.2. The van der Waals surface area contributed by atoms with E-state index < -0.39 is 0 Å². The molecule has 0 spiro atoms. The van der Waals surface area contributed by atoms with Gasteiger partial charge in [0.15, 0.2) is 11.6 Å². The van der Waals surface area contributed by atoms with Crippen LogP contribution in [0.1, 0.15) is 108 Å². The van der Waals surface area contributed by atoms with Gasteiger partial charge in [0.25, 0.3) is 0 Å². The first-order valence-corrected chi connectivity index (χ1v) is 12.3. The highest BCUT2D eigenvalue weighted by Crippen LogP contribution is 2.70. The van der Waals surface area contributed by atoms with Crippen molar-refractivity contribution in [2.75, 3.05) is 0 Å². The molecule has 0 unspecified atom stereocenters. The molecule has 2 nitrogen and oxygen atoms in total. The highest BCUT2D eigenvalue weighted by molar-refractivity contribution is 5.94. The molecule has 0 aliphatic heterocycles. The second-order valence-electron chi connectivity index (χ2n) is 11.1. The maximum Gasteiger partial charge on any atom is 0.159 e. The van der Waals surface area contributed by atoms with Crippen LogP contribution in [0, 0.1) is 22.7 Å². The Balaban J connectivity index is 0.00000245. The average molecular weight is 433 g/mol. The summed E-state index contributed by atoms with van der Waals surface area (Å²) in [6.45, 7) is 9.15. The summed E-state index contributed by atoms with van der Waals surface area (Å²) in [5.41, 5.74) is 7.39. The number of Topliss-reactive ketones (excluding diaryl/α,β-unsaturated/α-hetero) is 1. The van der Waals surface area contributed by atoms with E-state index in [0.29, 0.717) is 34.9 Å². The Morgan fingerprint density at radius 3 is 2.44 bits per heavy atom. The van der Waals surface area contributed by atoms with Crippen LogP contribution in [-0.2, 0) is 4.79 Å². The van der Waals surface area contributed by atoms with Crippen LogP contribution in [0.25, 0.3) is 0 Å². The van der Waals surface area contributed by atoms with Crippen LogP contribution >= 0.6 is 0 Å². The summed E-state index contributed by atoms with van der Waals surface area (Å²) >= 11 is 0. The van der Waals surface area contributed by atoms with Gasteiger partial charge in [-0.1, -0.05) is 64.5 Å². The lowest BCUT2D eigenvalue weighted by Gasteiger charge is -2.55. The zero-order valence-corrected chi connectivity index (χ0v) is 19.6. The van der Waals surface area contributed by atoms with E-state index in [0.717, 1.165) is 24.3 Å². The van der Waals surface area contributed by atoms with Crippen LogP contribution in [0.3, 0.4) is 0 Å². The Morgan fingerprint density at radius 1 is 1.06 bits per heavy atom. The van der Waals surface area contributed by atoms with Gasteiger partial charge in [0, 0.05) is 17.9 Å². The molecular weight excluding hydrogens is 392 g/mol. The van der Waals surface area contributed by atoms with Gasteiger partial charge in [-0.3, -0.25) is 9.59 Å². The second kappa shape index (κ2) is 8.12. The zero-order valence-electron chi connectivity index (χ0n) is 19.6. The molecule has 0 N–H and O–H groups in total. The number of allylic oxidation sites excluding steroid dienone is 4. The fraction of sp³-hybridized carbons (Fsp3) is 0.600. The molecule has 0 radical (unpaired) electrons. The SMILES string of the molecule is C.CC[C@]1(C)CC[C@H]2[C@@H]3CCC4=CC(=O)CCC4=C3[C@@H](c3ccc(C(C)=O)cc3)C[C@@]21C. The molecule has 5 atom stereocenters. The summed E-state index contributed by atoms with van der Waals surface area (Å²) in [4.78, 5) is 24.0. The lowest BCUT2D eigenvalue weighted by molar-refractivity contribution is -0.114. The highest BCUT2D eigenvalue weighted by Gasteiger charge is 2.60. The van der Waals surface area contributed by atoms with Crippen molar-refractivity contribution < 1.29 is 9.59 Å². The molecule has 2 fully saturated rings. The van der Waals surface area contributed by atoms with E-state index in [9.17, 15) is 9.59 Å². The number of hydrogen-bond acceptors (Lipinski definition) is 2. The molecule has 0 saturated heterocycles. The number of carbonyl (C=O) groups excluding carboxylic acids is 2. The molecule has 1 aromatic carbocycles. The maximum atomic E-state index is 12.2. The standard InChI is InChI=1S/C29H36O2.CH4/c1-5-28(3)15-14-26-24-12-10-21-16-22(31)11-13-23(21)27(24)25(17-29(26,28)4)20-8-6-19(7-9-20)18(2)30;/h6-9,16,24-26H,5,10-15,17H2,1-4H3;1H4/t24-,25+,26-,28+,29-;/m0./s1. The third kappa shape index (κ3) is 3.28. The minimum atomic E-state index is 0. The first kappa shape index (κ1) is 23.2. The molecule has 32 heavy (non-hydrogen) atoms. The van der Waals surface area contributed by atoms with Crippen molar-refractivity contribution >= 4 is 11.6 Å². The van der Waals surface area contributed by atoms with Gasteiger partial charge >= 0.3 is 0 Å². The quantitative estimate of drug-likeness (QED) is 0.456. The van der Waals surface area contributed by atoms with Gasteiger partial charge in [0.1, 0.15) is 0 Å². The summed E-state index contributed by atoms with van der Waals surface area (Å²) in [5.74, 6) is 2.24. The summed E-state index contributed by atoms with van der Waals surface area (Å²) < 4.78 is 0. The van der Waals surface area contributed by atoms with Gasteiger partial charge < -0.3 is 0 Å². The van der Waals surface area contributed by atoms with Crippen LogP contribution in [0.5, 0.6) is 0 Å². The van der Waals surface area contributed by atoms with Gasteiger partial charge in [0.05, 0.1) is 0 Å². The normalized spacial score (nSPS) is 35.9. The molecule has 172 valence electrons. The largest absolute Gasteiger partial charge is 0.295 e. The van der Waals surface area contributed by atoms with Crippen LogP contribution in [0.2, 0.25) is 0 Å². The van der Waals surface area contributed by atoms with Crippen molar-refractivity contribution in [2.45, 2.75) is 92.4 Å². The van der Waals surface area contributed by atoms with Gasteiger partial charge in [0.2, 0.25) is 0 Å². The molecule has 4 aliphatic carbocycles. The number of benzene rings is 1. The van der Waals surface area contributed by atoms with Gasteiger partial charge in [-0.2, -0.15) is 0 Å². The fourth-order valence-electron chi connectivity index (χ4n) is 7.82. The Morgan fingerprint density at radius 2 is 1.78 bits per heavy atom. The lowest BCUT2D eigenvalue weighted by atomic mass is 9.49. The van der Waals surface area contributed by atoms with Crippen molar-refractivity contribution in [2.24, 2.45) is 22.7 Å². The van der Waals surface area contributed by atoms with Crippen molar-refractivity contribution in [1.29, 1.82) is 0 Å². The number of hydrogen-bond donors (Lipinski definition) is 0. The van der Waals surface area contributed by atoms with Crippen LogP contribution in [-0.4, -0.2) is 11.6 Å². The summed E-state index contributed by atoms with van der Waals surface area (Å²) in [6, 6.07) is 8.45. The molecule has 0 amide bonds. The van der Waals surface area contributed by atoms with Gasteiger partial charge in [-0.15, -0.1) is 0 Å². The number of fused-ring (bicyclic) bond motifs is 4.